The molecule has 2 aromatic rings. The Morgan fingerprint density at radius 1 is 1.63 bits per heavy atom. The SMILES string of the molecule is Cc1ccoc1C(=O)NCC(C)(O)c1cnn(C)c1. The zero-order valence-electron chi connectivity index (χ0n) is 11.2. The summed E-state index contributed by atoms with van der Waals surface area (Å²) >= 11 is 0. The van der Waals surface area contributed by atoms with E-state index in [0.29, 0.717) is 5.56 Å². The molecule has 0 fully saturated rings. The fraction of sp³-hybridized carbons (Fsp3) is 0.385. The van der Waals surface area contributed by atoms with E-state index < -0.39 is 5.60 Å². The van der Waals surface area contributed by atoms with Crippen LogP contribution in [0.5, 0.6) is 0 Å². The van der Waals surface area contributed by atoms with Crippen molar-refractivity contribution in [2.24, 2.45) is 7.05 Å². The van der Waals surface area contributed by atoms with Crippen LogP contribution in [0.25, 0.3) is 0 Å². The maximum atomic E-state index is 11.9. The molecule has 0 saturated heterocycles. The fourth-order valence-electron chi connectivity index (χ4n) is 1.74. The Kier molecular flexibility index (Phi) is 3.44. The Morgan fingerprint density at radius 2 is 2.37 bits per heavy atom. The lowest BCUT2D eigenvalue weighted by atomic mass is 10.00. The highest BCUT2D eigenvalue weighted by atomic mass is 16.3. The Balaban J connectivity index is 2.02. The second-order valence-electron chi connectivity index (χ2n) is 4.79. The van der Waals surface area contributed by atoms with Gasteiger partial charge in [0.15, 0.2) is 5.76 Å². The van der Waals surface area contributed by atoms with E-state index >= 15 is 0 Å². The third-order valence-electron chi connectivity index (χ3n) is 2.99. The number of hydrogen-bond donors (Lipinski definition) is 2. The van der Waals surface area contributed by atoms with E-state index in [9.17, 15) is 9.90 Å². The summed E-state index contributed by atoms with van der Waals surface area (Å²) in [6, 6.07) is 1.72. The molecule has 2 rings (SSSR count). The number of furan rings is 1. The Labute approximate surface area is 111 Å². The summed E-state index contributed by atoms with van der Waals surface area (Å²) in [7, 11) is 1.77. The molecular formula is C13H17N3O3. The average molecular weight is 263 g/mol. The van der Waals surface area contributed by atoms with Crippen LogP contribution in [-0.4, -0.2) is 27.3 Å². The summed E-state index contributed by atoms with van der Waals surface area (Å²) in [6.45, 7) is 3.49. The molecule has 2 N–H and O–H groups in total. The predicted molar refractivity (Wildman–Crippen MR) is 68.6 cm³/mol. The van der Waals surface area contributed by atoms with Gasteiger partial charge in [-0.25, -0.2) is 0 Å². The second kappa shape index (κ2) is 4.89. The molecule has 1 amide bonds. The number of carbonyl (C=O) groups is 1. The first-order chi connectivity index (χ1) is 8.90. The van der Waals surface area contributed by atoms with Crippen molar-refractivity contribution in [1.29, 1.82) is 0 Å². The number of hydrogen-bond acceptors (Lipinski definition) is 4. The van der Waals surface area contributed by atoms with E-state index in [0.717, 1.165) is 5.56 Å². The van der Waals surface area contributed by atoms with E-state index in [1.165, 1.54) is 6.26 Å². The van der Waals surface area contributed by atoms with E-state index in [-0.39, 0.29) is 18.2 Å². The second-order valence-corrected chi connectivity index (χ2v) is 4.79. The normalized spacial score (nSPS) is 14.1. The fourth-order valence-corrected chi connectivity index (χ4v) is 1.74. The smallest absolute Gasteiger partial charge is 0.287 e. The van der Waals surface area contributed by atoms with Crippen LogP contribution in [0.3, 0.4) is 0 Å². The first-order valence-electron chi connectivity index (χ1n) is 5.94. The highest BCUT2D eigenvalue weighted by Crippen LogP contribution is 2.19. The van der Waals surface area contributed by atoms with Gasteiger partial charge in [-0.1, -0.05) is 0 Å². The number of aromatic nitrogens is 2. The van der Waals surface area contributed by atoms with Crippen LogP contribution in [0.1, 0.15) is 28.6 Å². The van der Waals surface area contributed by atoms with Crippen molar-refractivity contribution < 1.29 is 14.3 Å². The molecule has 2 heterocycles. The maximum Gasteiger partial charge on any atom is 0.287 e. The Hall–Kier alpha value is -2.08. The van der Waals surface area contributed by atoms with E-state index in [1.54, 1.807) is 44.0 Å². The number of rotatable bonds is 4. The predicted octanol–water partition coefficient (Wildman–Crippen LogP) is 0.959. The third kappa shape index (κ3) is 2.85. The standard InChI is InChI=1S/C13H17N3O3/c1-9-4-5-19-11(9)12(17)14-8-13(2,18)10-6-15-16(3)7-10/h4-7,18H,8H2,1-3H3,(H,14,17). The van der Waals surface area contributed by atoms with Crippen molar-refractivity contribution in [1.82, 2.24) is 15.1 Å². The molecule has 6 nitrogen and oxygen atoms in total. The lowest BCUT2D eigenvalue weighted by molar-refractivity contribution is 0.0518. The number of amides is 1. The molecular weight excluding hydrogens is 246 g/mol. The highest BCUT2D eigenvalue weighted by Gasteiger charge is 2.26. The lowest BCUT2D eigenvalue weighted by Crippen LogP contribution is -2.38. The lowest BCUT2D eigenvalue weighted by Gasteiger charge is -2.22. The monoisotopic (exact) mass is 263 g/mol. The summed E-state index contributed by atoms with van der Waals surface area (Å²) in [5.41, 5.74) is 0.231. The first-order valence-corrected chi connectivity index (χ1v) is 5.94. The minimum absolute atomic E-state index is 0.0810. The number of carbonyl (C=O) groups excluding carboxylic acids is 1. The van der Waals surface area contributed by atoms with Crippen LogP contribution >= 0.6 is 0 Å². The molecule has 102 valence electrons. The molecule has 19 heavy (non-hydrogen) atoms. The van der Waals surface area contributed by atoms with Crippen molar-refractivity contribution in [3.63, 3.8) is 0 Å². The topological polar surface area (TPSA) is 80.3 Å². The molecule has 2 aromatic heterocycles. The number of aliphatic hydroxyl groups is 1. The number of nitrogens with one attached hydrogen (secondary N) is 1. The van der Waals surface area contributed by atoms with E-state index in [4.69, 9.17) is 4.42 Å². The first kappa shape index (κ1) is 13.4. The molecule has 1 atom stereocenters. The minimum Gasteiger partial charge on any atom is -0.459 e. The van der Waals surface area contributed by atoms with Gasteiger partial charge in [-0.05, 0) is 19.9 Å². The molecule has 0 bridgehead atoms. The van der Waals surface area contributed by atoms with Gasteiger partial charge in [0, 0.05) is 24.4 Å². The van der Waals surface area contributed by atoms with Crippen LogP contribution in [0.2, 0.25) is 0 Å². The van der Waals surface area contributed by atoms with E-state index in [1.807, 2.05) is 0 Å². The van der Waals surface area contributed by atoms with Gasteiger partial charge < -0.3 is 14.8 Å². The summed E-state index contributed by atoms with van der Waals surface area (Å²) in [4.78, 5) is 11.9. The average Bonchev–Trinajstić information content (AvgIpc) is 2.95. The minimum atomic E-state index is -1.18. The molecule has 0 aromatic carbocycles. The highest BCUT2D eigenvalue weighted by molar-refractivity contribution is 5.92. The van der Waals surface area contributed by atoms with Gasteiger partial charge in [0.1, 0.15) is 5.60 Å². The van der Waals surface area contributed by atoms with E-state index in [2.05, 4.69) is 10.4 Å². The van der Waals surface area contributed by atoms with Crippen molar-refractivity contribution in [3.05, 3.63) is 41.6 Å². The quantitative estimate of drug-likeness (QED) is 0.861. The van der Waals surface area contributed by atoms with Crippen LogP contribution in [-0.2, 0) is 12.6 Å². The molecule has 1 unspecified atom stereocenters. The maximum absolute atomic E-state index is 11.9. The van der Waals surface area contributed by atoms with Crippen molar-refractivity contribution >= 4 is 5.91 Å². The van der Waals surface area contributed by atoms with Gasteiger partial charge in [0.05, 0.1) is 19.0 Å². The molecule has 0 radical (unpaired) electrons. The van der Waals surface area contributed by atoms with Gasteiger partial charge in [0.2, 0.25) is 0 Å². The third-order valence-corrected chi connectivity index (χ3v) is 2.99. The number of aryl methyl sites for hydroxylation is 2. The van der Waals surface area contributed by atoms with Gasteiger partial charge in [-0.3, -0.25) is 9.48 Å². The van der Waals surface area contributed by atoms with Crippen LogP contribution < -0.4 is 5.32 Å². The zero-order valence-corrected chi connectivity index (χ0v) is 11.2. The van der Waals surface area contributed by atoms with Crippen LogP contribution in [0, 0.1) is 6.92 Å². The van der Waals surface area contributed by atoms with Crippen LogP contribution in [0.15, 0.2) is 29.1 Å². The van der Waals surface area contributed by atoms with Gasteiger partial charge in [-0.2, -0.15) is 5.10 Å². The van der Waals surface area contributed by atoms with Crippen molar-refractivity contribution in [2.45, 2.75) is 19.4 Å². The molecule has 0 aliphatic carbocycles. The molecule has 0 spiro atoms. The summed E-state index contributed by atoms with van der Waals surface area (Å²) in [5, 5.41) is 17.0. The Bertz CT molecular complexity index is 583. The molecule has 6 heteroatoms. The van der Waals surface area contributed by atoms with Gasteiger partial charge in [0.25, 0.3) is 5.91 Å². The van der Waals surface area contributed by atoms with Gasteiger partial charge >= 0.3 is 0 Å². The summed E-state index contributed by atoms with van der Waals surface area (Å²) < 4.78 is 6.69. The summed E-state index contributed by atoms with van der Waals surface area (Å²) in [6.07, 6.45) is 4.75. The van der Waals surface area contributed by atoms with Crippen molar-refractivity contribution in [3.8, 4) is 0 Å². The number of nitrogens with zero attached hydrogens (tertiary/aromatic N) is 2. The zero-order chi connectivity index (χ0) is 14.0. The molecule has 0 aliphatic heterocycles. The van der Waals surface area contributed by atoms with Crippen molar-refractivity contribution in [2.75, 3.05) is 6.54 Å². The largest absolute Gasteiger partial charge is 0.459 e. The Morgan fingerprint density at radius 3 is 2.89 bits per heavy atom. The molecule has 0 saturated carbocycles. The van der Waals surface area contributed by atoms with Gasteiger partial charge in [-0.15, -0.1) is 0 Å². The van der Waals surface area contributed by atoms with Crippen LogP contribution in [0.4, 0.5) is 0 Å². The summed E-state index contributed by atoms with van der Waals surface area (Å²) in [5.74, 6) is -0.0753. The molecule has 0 aliphatic rings.